The maximum atomic E-state index is 2.46. The van der Waals surface area contributed by atoms with Gasteiger partial charge in [0.15, 0.2) is 0 Å². The van der Waals surface area contributed by atoms with Crippen LogP contribution >= 0.6 is 0 Å². The smallest absolute Gasteiger partial charge is 0.0386 e. The molecule has 1 fully saturated rings. The van der Waals surface area contributed by atoms with Gasteiger partial charge in [0, 0.05) is 0 Å². The van der Waals surface area contributed by atoms with Crippen molar-refractivity contribution in [2.24, 2.45) is 23.7 Å². The molecule has 0 amide bonds. The molecule has 1 aliphatic rings. The molecule has 0 aromatic heterocycles. The average Bonchev–Trinajstić information content (AvgIpc) is 2.17. The van der Waals surface area contributed by atoms with Crippen LogP contribution in [0.25, 0.3) is 0 Å². The van der Waals surface area contributed by atoms with Crippen molar-refractivity contribution in [1.29, 1.82) is 0 Å². The summed E-state index contributed by atoms with van der Waals surface area (Å²) in [6, 6.07) is 0. The SMILES string of the molecule is CCC1CC(CC)C(CC)CC1C. The molecule has 1 aliphatic carbocycles. The van der Waals surface area contributed by atoms with Gasteiger partial charge in [-0.05, 0) is 36.5 Å². The first-order valence-corrected chi connectivity index (χ1v) is 6.22. The van der Waals surface area contributed by atoms with Gasteiger partial charge in [0.25, 0.3) is 0 Å². The molecule has 1 saturated carbocycles. The Hall–Kier alpha value is 0. The molecule has 0 aliphatic heterocycles. The van der Waals surface area contributed by atoms with Crippen molar-refractivity contribution in [1.82, 2.24) is 0 Å². The van der Waals surface area contributed by atoms with Crippen LogP contribution in [0.4, 0.5) is 0 Å². The van der Waals surface area contributed by atoms with Crippen molar-refractivity contribution in [2.75, 3.05) is 0 Å². The molecule has 0 heteroatoms. The molecule has 1 rings (SSSR count). The second-order valence-corrected chi connectivity index (χ2v) is 4.95. The van der Waals surface area contributed by atoms with Crippen LogP contribution in [-0.2, 0) is 0 Å². The Kier molecular flexibility index (Phi) is 4.28. The van der Waals surface area contributed by atoms with E-state index in [0.29, 0.717) is 0 Å². The fourth-order valence-corrected chi connectivity index (χ4v) is 3.25. The Labute approximate surface area is 84.1 Å². The largest absolute Gasteiger partial charge is 0.0651 e. The highest BCUT2D eigenvalue weighted by molar-refractivity contribution is 4.82. The molecule has 0 heterocycles. The van der Waals surface area contributed by atoms with E-state index in [0.717, 1.165) is 23.7 Å². The summed E-state index contributed by atoms with van der Waals surface area (Å²) in [5, 5.41) is 0. The molecule has 4 atom stereocenters. The van der Waals surface area contributed by atoms with E-state index >= 15 is 0 Å². The Morgan fingerprint density at radius 3 is 1.69 bits per heavy atom. The first kappa shape index (κ1) is 11.1. The fraction of sp³-hybridized carbons (Fsp3) is 1.00. The van der Waals surface area contributed by atoms with E-state index in [1.165, 1.54) is 32.1 Å². The van der Waals surface area contributed by atoms with Crippen LogP contribution in [0.5, 0.6) is 0 Å². The lowest BCUT2D eigenvalue weighted by Gasteiger charge is -2.39. The first-order chi connectivity index (χ1) is 6.22. The molecule has 13 heavy (non-hydrogen) atoms. The minimum atomic E-state index is 0.984. The van der Waals surface area contributed by atoms with Crippen LogP contribution in [0.2, 0.25) is 0 Å². The monoisotopic (exact) mass is 182 g/mol. The Balaban J connectivity index is 2.54. The summed E-state index contributed by atoms with van der Waals surface area (Å²) in [6.07, 6.45) is 7.20. The average molecular weight is 182 g/mol. The molecule has 0 spiro atoms. The second kappa shape index (κ2) is 5.02. The normalized spacial score (nSPS) is 40.6. The van der Waals surface area contributed by atoms with Crippen molar-refractivity contribution in [3.8, 4) is 0 Å². The minimum Gasteiger partial charge on any atom is -0.0651 e. The Bertz CT molecular complexity index is 139. The predicted octanol–water partition coefficient (Wildman–Crippen LogP) is 4.49. The van der Waals surface area contributed by atoms with Crippen molar-refractivity contribution in [3.63, 3.8) is 0 Å². The fourth-order valence-electron chi connectivity index (χ4n) is 3.25. The zero-order valence-corrected chi connectivity index (χ0v) is 9.84. The van der Waals surface area contributed by atoms with Gasteiger partial charge in [-0.3, -0.25) is 0 Å². The molecule has 0 N–H and O–H groups in total. The van der Waals surface area contributed by atoms with E-state index < -0.39 is 0 Å². The summed E-state index contributed by atoms with van der Waals surface area (Å²) in [4.78, 5) is 0. The topological polar surface area (TPSA) is 0 Å². The highest BCUT2D eigenvalue weighted by Gasteiger charge is 2.31. The Morgan fingerprint density at radius 1 is 0.769 bits per heavy atom. The number of hydrogen-bond donors (Lipinski definition) is 0. The lowest BCUT2D eigenvalue weighted by Crippen LogP contribution is -2.29. The highest BCUT2D eigenvalue weighted by atomic mass is 14.4. The molecule has 0 nitrogen and oxygen atoms in total. The van der Waals surface area contributed by atoms with Gasteiger partial charge in [0.05, 0.1) is 0 Å². The third kappa shape index (κ3) is 2.48. The van der Waals surface area contributed by atoms with Gasteiger partial charge in [0.2, 0.25) is 0 Å². The summed E-state index contributed by atoms with van der Waals surface area (Å²) < 4.78 is 0. The molecule has 0 bridgehead atoms. The summed E-state index contributed by atoms with van der Waals surface area (Å²) in [7, 11) is 0. The second-order valence-electron chi connectivity index (χ2n) is 4.95. The van der Waals surface area contributed by atoms with Gasteiger partial charge in [0.1, 0.15) is 0 Å². The van der Waals surface area contributed by atoms with Gasteiger partial charge >= 0.3 is 0 Å². The zero-order valence-electron chi connectivity index (χ0n) is 9.84. The third-order valence-corrected chi connectivity index (χ3v) is 4.32. The Morgan fingerprint density at radius 2 is 1.23 bits per heavy atom. The van der Waals surface area contributed by atoms with E-state index in [2.05, 4.69) is 27.7 Å². The summed E-state index contributed by atoms with van der Waals surface area (Å²) in [6.45, 7) is 9.56. The molecular weight excluding hydrogens is 156 g/mol. The molecule has 0 radical (unpaired) electrons. The van der Waals surface area contributed by atoms with Crippen molar-refractivity contribution in [2.45, 2.75) is 59.8 Å². The van der Waals surface area contributed by atoms with Crippen LogP contribution in [0.1, 0.15) is 59.8 Å². The molecular formula is C13H26. The maximum absolute atomic E-state index is 2.46. The maximum Gasteiger partial charge on any atom is -0.0386 e. The molecule has 0 saturated heterocycles. The third-order valence-electron chi connectivity index (χ3n) is 4.32. The first-order valence-electron chi connectivity index (χ1n) is 6.22. The summed E-state index contributed by atoms with van der Waals surface area (Å²) in [5.74, 6) is 4.07. The van der Waals surface area contributed by atoms with E-state index in [1.54, 1.807) is 0 Å². The van der Waals surface area contributed by atoms with Crippen LogP contribution in [0.15, 0.2) is 0 Å². The lowest BCUT2D eigenvalue weighted by molar-refractivity contribution is 0.113. The molecule has 0 aromatic rings. The molecule has 78 valence electrons. The lowest BCUT2D eigenvalue weighted by atomic mass is 9.66. The molecule has 0 aromatic carbocycles. The quantitative estimate of drug-likeness (QED) is 0.603. The van der Waals surface area contributed by atoms with Gasteiger partial charge in [-0.1, -0.05) is 47.0 Å². The van der Waals surface area contributed by atoms with E-state index in [-0.39, 0.29) is 0 Å². The summed E-state index contributed by atoms with van der Waals surface area (Å²) >= 11 is 0. The van der Waals surface area contributed by atoms with Crippen molar-refractivity contribution < 1.29 is 0 Å². The number of rotatable bonds is 3. The van der Waals surface area contributed by atoms with E-state index in [1.807, 2.05) is 0 Å². The van der Waals surface area contributed by atoms with Gasteiger partial charge < -0.3 is 0 Å². The standard InChI is InChI=1S/C13H26/c1-5-11-9-13(7-3)12(6-2)8-10(11)4/h10-13H,5-9H2,1-4H3. The van der Waals surface area contributed by atoms with Crippen molar-refractivity contribution in [3.05, 3.63) is 0 Å². The van der Waals surface area contributed by atoms with E-state index in [4.69, 9.17) is 0 Å². The van der Waals surface area contributed by atoms with Gasteiger partial charge in [-0.2, -0.15) is 0 Å². The van der Waals surface area contributed by atoms with Gasteiger partial charge in [-0.15, -0.1) is 0 Å². The molecule has 4 unspecified atom stereocenters. The van der Waals surface area contributed by atoms with Crippen LogP contribution in [0, 0.1) is 23.7 Å². The zero-order chi connectivity index (χ0) is 9.84. The highest BCUT2D eigenvalue weighted by Crippen LogP contribution is 2.41. The number of hydrogen-bond acceptors (Lipinski definition) is 0. The van der Waals surface area contributed by atoms with Crippen LogP contribution in [-0.4, -0.2) is 0 Å². The van der Waals surface area contributed by atoms with Crippen molar-refractivity contribution >= 4 is 0 Å². The van der Waals surface area contributed by atoms with Crippen LogP contribution < -0.4 is 0 Å². The summed E-state index contributed by atoms with van der Waals surface area (Å²) in [5.41, 5.74) is 0. The predicted molar refractivity (Wildman–Crippen MR) is 59.7 cm³/mol. The van der Waals surface area contributed by atoms with Crippen LogP contribution in [0.3, 0.4) is 0 Å². The van der Waals surface area contributed by atoms with Gasteiger partial charge in [-0.25, -0.2) is 0 Å². The van der Waals surface area contributed by atoms with E-state index in [9.17, 15) is 0 Å². The minimum absolute atomic E-state index is 0.984.